The first-order chi connectivity index (χ1) is 9.52. The third-order valence-electron chi connectivity index (χ3n) is 3.46. The summed E-state index contributed by atoms with van der Waals surface area (Å²) in [6, 6.07) is 4.57. The molecule has 1 amide bonds. The van der Waals surface area contributed by atoms with Gasteiger partial charge in [0, 0.05) is 37.8 Å². The SMILES string of the molecule is CNC(=O)c1ccc(N2CCC[C@@H](N)C2)c([N+](=O)[O-])c1. The number of nitro groups is 1. The summed E-state index contributed by atoms with van der Waals surface area (Å²) in [5.41, 5.74) is 6.66. The van der Waals surface area contributed by atoms with Crippen molar-refractivity contribution in [2.45, 2.75) is 18.9 Å². The fourth-order valence-electron chi connectivity index (χ4n) is 2.45. The molecule has 20 heavy (non-hydrogen) atoms. The molecule has 0 aromatic heterocycles. The second kappa shape index (κ2) is 5.87. The van der Waals surface area contributed by atoms with E-state index in [4.69, 9.17) is 5.73 Å². The van der Waals surface area contributed by atoms with Crippen LogP contribution in [-0.2, 0) is 0 Å². The number of nitro benzene ring substituents is 1. The molecule has 0 saturated carbocycles. The van der Waals surface area contributed by atoms with Gasteiger partial charge in [0.1, 0.15) is 5.69 Å². The van der Waals surface area contributed by atoms with E-state index < -0.39 is 4.92 Å². The van der Waals surface area contributed by atoms with E-state index in [9.17, 15) is 14.9 Å². The normalized spacial score (nSPS) is 18.7. The van der Waals surface area contributed by atoms with E-state index in [2.05, 4.69) is 5.32 Å². The van der Waals surface area contributed by atoms with Crippen molar-refractivity contribution in [1.29, 1.82) is 0 Å². The molecule has 1 aliphatic heterocycles. The van der Waals surface area contributed by atoms with Gasteiger partial charge in [-0.25, -0.2) is 0 Å². The van der Waals surface area contributed by atoms with Crippen molar-refractivity contribution in [3.8, 4) is 0 Å². The molecule has 1 fully saturated rings. The van der Waals surface area contributed by atoms with E-state index in [0.717, 1.165) is 19.4 Å². The molecule has 3 N–H and O–H groups in total. The number of nitrogens with zero attached hydrogens (tertiary/aromatic N) is 2. The number of carbonyl (C=O) groups is 1. The lowest BCUT2D eigenvalue weighted by atomic mass is 10.0. The summed E-state index contributed by atoms with van der Waals surface area (Å²) in [7, 11) is 1.49. The molecule has 0 radical (unpaired) electrons. The molecular weight excluding hydrogens is 260 g/mol. The van der Waals surface area contributed by atoms with Gasteiger partial charge in [-0.05, 0) is 25.0 Å². The predicted molar refractivity (Wildman–Crippen MR) is 75.9 cm³/mol. The third kappa shape index (κ3) is 2.88. The number of nitrogens with one attached hydrogen (secondary N) is 1. The largest absolute Gasteiger partial charge is 0.364 e. The van der Waals surface area contributed by atoms with Crippen LogP contribution in [0.1, 0.15) is 23.2 Å². The Hall–Kier alpha value is -2.15. The van der Waals surface area contributed by atoms with Crippen molar-refractivity contribution < 1.29 is 9.72 Å². The van der Waals surface area contributed by atoms with Gasteiger partial charge in [-0.15, -0.1) is 0 Å². The van der Waals surface area contributed by atoms with Crippen molar-refractivity contribution in [3.63, 3.8) is 0 Å². The Labute approximate surface area is 116 Å². The van der Waals surface area contributed by atoms with Crippen LogP contribution < -0.4 is 16.0 Å². The summed E-state index contributed by atoms with van der Waals surface area (Å²) in [4.78, 5) is 24.2. The number of carbonyl (C=O) groups excluding carboxylic acids is 1. The summed E-state index contributed by atoms with van der Waals surface area (Å²) in [5.74, 6) is -0.338. The highest BCUT2D eigenvalue weighted by Gasteiger charge is 2.25. The molecule has 7 heteroatoms. The van der Waals surface area contributed by atoms with Crippen LogP contribution in [0, 0.1) is 10.1 Å². The number of amides is 1. The summed E-state index contributed by atoms with van der Waals surface area (Å²) in [5, 5.41) is 13.7. The first-order valence-electron chi connectivity index (χ1n) is 6.54. The van der Waals surface area contributed by atoms with E-state index in [1.165, 1.54) is 13.1 Å². The van der Waals surface area contributed by atoms with Gasteiger partial charge in [0.25, 0.3) is 11.6 Å². The molecule has 0 unspecified atom stereocenters. The lowest BCUT2D eigenvalue weighted by Crippen LogP contribution is -2.43. The minimum absolute atomic E-state index is 0.0296. The molecule has 0 spiro atoms. The van der Waals surface area contributed by atoms with Gasteiger partial charge in [0.2, 0.25) is 0 Å². The van der Waals surface area contributed by atoms with Crippen molar-refractivity contribution in [3.05, 3.63) is 33.9 Å². The number of benzene rings is 1. The van der Waals surface area contributed by atoms with Gasteiger partial charge in [-0.3, -0.25) is 14.9 Å². The van der Waals surface area contributed by atoms with E-state index >= 15 is 0 Å². The van der Waals surface area contributed by atoms with Crippen molar-refractivity contribution in [2.24, 2.45) is 5.73 Å². The number of piperidine rings is 1. The van der Waals surface area contributed by atoms with Crippen LogP contribution >= 0.6 is 0 Å². The lowest BCUT2D eigenvalue weighted by molar-refractivity contribution is -0.384. The number of rotatable bonds is 3. The molecule has 1 atom stereocenters. The molecule has 108 valence electrons. The maximum atomic E-state index is 11.6. The Bertz CT molecular complexity index is 532. The molecule has 0 aliphatic carbocycles. The van der Waals surface area contributed by atoms with Crippen LogP contribution in [0.4, 0.5) is 11.4 Å². The maximum absolute atomic E-state index is 11.6. The summed E-state index contributed by atoms with van der Waals surface area (Å²) < 4.78 is 0. The number of anilines is 1. The van der Waals surface area contributed by atoms with Crippen LogP contribution in [-0.4, -0.2) is 37.0 Å². The number of hydrogen-bond acceptors (Lipinski definition) is 5. The fraction of sp³-hybridized carbons (Fsp3) is 0.462. The Morgan fingerprint density at radius 2 is 2.30 bits per heavy atom. The summed E-state index contributed by atoms with van der Waals surface area (Å²) in [6.45, 7) is 1.34. The molecular formula is C13H18N4O3. The zero-order valence-electron chi connectivity index (χ0n) is 11.3. The van der Waals surface area contributed by atoms with Gasteiger partial charge >= 0.3 is 0 Å². The average molecular weight is 278 g/mol. The molecule has 1 aromatic carbocycles. The molecule has 1 heterocycles. The highest BCUT2D eigenvalue weighted by atomic mass is 16.6. The maximum Gasteiger partial charge on any atom is 0.293 e. The van der Waals surface area contributed by atoms with Crippen molar-refractivity contribution in [1.82, 2.24) is 5.32 Å². The third-order valence-corrected chi connectivity index (χ3v) is 3.46. The topological polar surface area (TPSA) is 102 Å². The lowest BCUT2D eigenvalue weighted by Gasteiger charge is -2.32. The van der Waals surface area contributed by atoms with E-state index in [1.807, 2.05) is 4.90 Å². The van der Waals surface area contributed by atoms with E-state index in [1.54, 1.807) is 12.1 Å². The second-order valence-corrected chi connectivity index (χ2v) is 4.89. The van der Waals surface area contributed by atoms with Crippen molar-refractivity contribution >= 4 is 17.3 Å². The number of nitrogens with two attached hydrogens (primary N) is 1. The van der Waals surface area contributed by atoms with Gasteiger partial charge in [-0.1, -0.05) is 0 Å². The Morgan fingerprint density at radius 3 is 2.90 bits per heavy atom. The molecule has 1 saturated heterocycles. The van der Waals surface area contributed by atoms with Crippen molar-refractivity contribution in [2.75, 3.05) is 25.0 Å². The van der Waals surface area contributed by atoms with Gasteiger partial charge in [0.15, 0.2) is 0 Å². The molecule has 0 bridgehead atoms. The molecule has 1 aromatic rings. The summed E-state index contributed by atoms with van der Waals surface area (Å²) in [6.07, 6.45) is 1.84. The summed E-state index contributed by atoms with van der Waals surface area (Å²) >= 11 is 0. The average Bonchev–Trinajstić information content (AvgIpc) is 2.45. The molecule has 7 nitrogen and oxygen atoms in total. The Kier molecular flexibility index (Phi) is 4.19. The Morgan fingerprint density at radius 1 is 1.55 bits per heavy atom. The Balaban J connectivity index is 2.37. The van der Waals surface area contributed by atoms with Crippen LogP contribution in [0.3, 0.4) is 0 Å². The van der Waals surface area contributed by atoms with Crippen LogP contribution in [0.15, 0.2) is 18.2 Å². The minimum atomic E-state index is -0.456. The van der Waals surface area contributed by atoms with Crippen LogP contribution in [0.25, 0.3) is 0 Å². The number of hydrogen-bond donors (Lipinski definition) is 2. The first kappa shape index (κ1) is 14.3. The van der Waals surface area contributed by atoms with Gasteiger partial charge in [-0.2, -0.15) is 0 Å². The van der Waals surface area contributed by atoms with Crippen LogP contribution in [0.2, 0.25) is 0 Å². The molecule has 1 aliphatic rings. The van der Waals surface area contributed by atoms with Gasteiger partial charge in [0.05, 0.1) is 4.92 Å². The minimum Gasteiger partial charge on any atom is -0.364 e. The zero-order chi connectivity index (χ0) is 14.7. The molecule has 2 rings (SSSR count). The van der Waals surface area contributed by atoms with Crippen LogP contribution in [0.5, 0.6) is 0 Å². The highest BCUT2D eigenvalue weighted by molar-refractivity contribution is 5.95. The standard InChI is InChI=1S/C13H18N4O3/c1-15-13(18)9-4-5-11(12(7-9)17(19)20)16-6-2-3-10(14)8-16/h4-5,7,10H,2-3,6,8,14H2,1H3,(H,15,18)/t10-/m1/s1. The second-order valence-electron chi connectivity index (χ2n) is 4.89. The smallest absolute Gasteiger partial charge is 0.293 e. The highest BCUT2D eigenvalue weighted by Crippen LogP contribution is 2.31. The monoisotopic (exact) mass is 278 g/mol. The zero-order valence-corrected chi connectivity index (χ0v) is 11.3. The van der Waals surface area contributed by atoms with E-state index in [0.29, 0.717) is 12.2 Å². The van der Waals surface area contributed by atoms with E-state index in [-0.39, 0.29) is 23.2 Å². The first-order valence-corrected chi connectivity index (χ1v) is 6.54. The predicted octanol–water partition coefficient (Wildman–Crippen LogP) is 0.882. The fourth-order valence-corrected chi connectivity index (χ4v) is 2.45. The quantitative estimate of drug-likeness (QED) is 0.631. The van der Waals surface area contributed by atoms with Gasteiger partial charge < -0.3 is 16.0 Å².